The van der Waals surface area contributed by atoms with Crippen LogP contribution in [0.5, 0.6) is 0 Å². The number of hydrogen-bond acceptors (Lipinski definition) is 3. The molecule has 0 aromatic rings. The van der Waals surface area contributed by atoms with Crippen LogP contribution in [0.25, 0.3) is 0 Å². The molecule has 0 unspecified atom stereocenters. The Bertz CT molecular complexity index is 138. The first-order valence-corrected chi connectivity index (χ1v) is 3.50. The molecule has 0 heterocycles. The first-order chi connectivity index (χ1) is 5.20. The topological polar surface area (TPSA) is 70.0 Å². The van der Waals surface area contributed by atoms with Crippen LogP contribution in [0, 0.1) is 4.91 Å². The van der Waals surface area contributed by atoms with Gasteiger partial charge < -0.3 is 5.11 Å². The molecule has 0 radical (unpaired) electrons. The molecule has 0 saturated carbocycles. The van der Waals surface area contributed by atoms with E-state index >= 15 is 0 Å². The molecular weight excluding hydrogens is 148 g/mol. The minimum absolute atomic E-state index is 0.0893. The molecule has 64 valence electrons. The molecule has 5 heteroatoms. The fourth-order valence-corrected chi connectivity index (χ4v) is 0.669. The van der Waals surface area contributed by atoms with Crippen LogP contribution >= 0.6 is 0 Å². The molecule has 0 aliphatic carbocycles. The number of nitrogens with zero attached hydrogens (tertiary/aromatic N) is 2. The van der Waals surface area contributed by atoms with Crippen LogP contribution in [0.4, 0.5) is 0 Å². The van der Waals surface area contributed by atoms with Gasteiger partial charge in [0, 0.05) is 19.5 Å². The van der Waals surface area contributed by atoms with Crippen LogP contribution in [0.3, 0.4) is 0 Å². The van der Waals surface area contributed by atoms with Crippen LogP contribution < -0.4 is 0 Å². The lowest BCUT2D eigenvalue weighted by atomic mass is 10.3. The number of aliphatic carboxylic acids is 1. The van der Waals surface area contributed by atoms with Gasteiger partial charge in [0.25, 0.3) is 0 Å². The average molecular weight is 160 g/mol. The molecule has 0 aromatic heterocycles. The van der Waals surface area contributed by atoms with Crippen molar-refractivity contribution in [1.82, 2.24) is 5.01 Å². The van der Waals surface area contributed by atoms with Gasteiger partial charge in [-0.2, -0.15) is 0 Å². The largest absolute Gasteiger partial charge is 0.481 e. The summed E-state index contributed by atoms with van der Waals surface area (Å²) in [6, 6.07) is 0. The average Bonchev–Trinajstić information content (AvgIpc) is 1.98. The Hall–Kier alpha value is -1.13. The van der Waals surface area contributed by atoms with Gasteiger partial charge >= 0.3 is 5.97 Å². The molecule has 0 rings (SSSR count). The van der Waals surface area contributed by atoms with Crippen molar-refractivity contribution in [1.29, 1.82) is 0 Å². The maximum Gasteiger partial charge on any atom is 0.303 e. The van der Waals surface area contributed by atoms with Crippen molar-refractivity contribution in [2.45, 2.75) is 19.8 Å². The normalized spacial score (nSPS) is 9.18. The Labute approximate surface area is 64.9 Å². The van der Waals surface area contributed by atoms with Crippen LogP contribution in [-0.4, -0.2) is 29.2 Å². The van der Waals surface area contributed by atoms with Gasteiger partial charge in [0.05, 0.1) is 5.29 Å². The van der Waals surface area contributed by atoms with Crippen molar-refractivity contribution < 1.29 is 9.90 Å². The van der Waals surface area contributed by atoms with Crippen LogP contribution in [0.1, 0.15) is 19.8 Å². The Morgan fingerprint density at radius 3 is 2.64 bits per heavy atom. The molecule has 0 aliphatic rings. The summed E-state index contributed by atoms with van der Waals surface area (Å²) in [5.41, 5.74) is 0. The van der Waals surface area contributed by atoms with E-state index in [0.29, 0.717) is 19.5 Å². The van der Waals surface area contributed by atoms with Crippen molar-refractivity contribution >= 4 is 5.97 Å². The maximum absolute atomic E-state index is 10.0. The molecule has 0 bridgehead atoms. The van der Waals surface area contributed by atoms with Crippen molar-refractivity contribution in [3.8, 4) is 0 Å². The summed E-state index contributed by atoms with van der Waals surface area (Å²) in [4.78, 5) is 20.0. The molecule has 0 aliphatic heterocycles. The zero-order valence-corrected chi connectivity index (χ0v) is 6.49. The molecule has 0 amide bonds. The van der Waals surface area contributed by atoms with Crippen molar-refractivity contribution in [3.63, 3.8) is 0 Å². The molecule has 11 heavy (non-hydrogen) atoms. The van der Waals surface area contributed by atoms with Crippen LogP contribution in [0.15, 0.2) is 5.29 Å². The van der Waals surface area contributed by atoms with Gasteiger partial charge in [-0.15, -0.1) is 4.91 Å². The van der Waals surface area contributed by atoms with E-state index < -0.39 is 5.97 Å². The lowest BCUT2D eigenvalue weighted by molar-refractivity contribution is -0.137. The number of carboxylic acid groups (broad SMARTS) is 1. The van der Waals surface area contributed by atoms with Crippen LogP contribution in [-0.2, 0) is 4.79 Å². The van der Waals surface area contributed by atoms with Gasteiger partial charge in [-0.25, -0.2) is 0 Å². The Morgan fingerprint density at radius 1 is 1.64 bits per heavy atom. The summed E-state index contributed by atoms with van der Waals surface area (Å²) in [6.45, 7) is 2.75. The zero-order valence-electron chi connectivity index (χ0n) is 6.49. The quantitative estimate of drug-likeness (QED) is 0.462. The number of carbonyl (C=O) groups is 1. The SMILES string of the molecule is CCN(CCCC(=O)O)N=O. The highest BCUT2D eigenvalue weighted by Gasteiger charge is 2.01. The standard InChI is InChI=1S/C6H12N2O3/c1-2-8(7-11)5-3-4-6(9)10/h2-5H2,1H3,(H,9,10). The summed E-state index contributed by atoms with van der Waals surface area (Å²) >= 11 is 0. The highest BCUT2D eigenvalue weighted by molar-refractivity contribution is 5.66. The lowest BCUT2D eigenvalue weighted by Gasteiger charge is -2.10. The smallest absolute Gasteiger partial charge is 0.303 e. The van der Waals surface area contributed by atoms with Crippen molar-refractivity contribution in [3.05, 3.63) is 4.91 Å². The fraction of sp³-hybridized carbons (Fsp3) is 0.833. The Kier molecular flexibility index (Phi) is 5.06. The maximum atomic E-state index is 10.0. The highest BCUT2D eigenvalue weighted by atomic mass is 16.4. The van der Waals surface area contributed by atoms with Gasteiger partial charge in [-0.1, -0.05) is 0 Å². The predicted octanol–water partition coefficient (Wildman–Crippen LogP) is 0.855. The minimum atomic E-state index is -0.841. The molecule has 0 saturated heterocycles. The third kappa shape index (κ3) is 5.32. The summed E-state index contributed by atoms with van der Waals surface area (Å²) in [6.07, 6.45) is 0.556. The zero-order chi connectivity index (χ0) is 8.69. The van der Waals surface area contributed by atoms with E-state index in [-0.39, 0.29) is 6.42 Å². The van der Waals surface area contributed by atoms with E-state index in [2.05, 4.69) is 5.29 Å². The number of carboxylic acids is 1. The molecular formula is C6H12N2O3. The van der Waals surface area contributed by atoms with Gasteiger partial charge in [-0.05, 0) is 13.3 Å². The van der Waals surface area contributed by atoms with Gasteiger partial charge in [0.15, 0.2) is 0 Å². The first kappa shape index (κ1) is 9.87. The predicted molar refractivity (Wildman–Crippen MR) is 39.9 cm³/mol. The molecule has 1 N–H and O–H groups in total. The minimum Gasteiger partial charge on any atom is -0.481 e. The Morgan fingerprint density at radius 2 is 2.27 bits per heavy atom. The van der Waals surface area contributed by atoms with E-state index in [1.165, 1.54) is 5.01 Å². The van der Waals surface area contributed by atoms with Crippen molar-refractivity contribution in [2.75, 3.05) is 13.1 Å². The van der Waals surface area contributed by atoms with Gasteiger partial charge in [0.2, 0.25) is 0 Å². The highest BCUT2D eigenvalue weighted by Crippen LogP contribution is 1.94. The molecule has 5 nitrogen and oxygen atoms in total. The lowest BCUT2D eigenvalue weighted by Crippen LogP contribution is -2.17. The summed E-state index contributed by atoms with van der Waals surface area (Å²) < 4.78 is 0. The second kappa shape index (κ2) is 5.64. The van der Waals surface area contributed by atoms with Gasteiger partial charge in [-0.3, -0.25) is 9.80 Å². The number of rotatable bonds is 6. The molecule has 0 spiro atoms. The van der Waals surface area contributed by atoms with E-state index in [1.807, 2.05) is 0 Å². The van der Waals surface area contributed by atoms with E-state index in [0.717, 1.165) is 0 Å². The van der Waals surface area contributed by atoms with E-state index in [9.17, 15) is 9.70 Å². The first-order valence-electron chi connectivity index (χ1n) is 3.50. The van der Waals surface area contributed by atoms with E-state index in [1.54, 1.807) is 6.92 Å². The summed E-state index contributed by atoms with van der Waals surface area (Å²) in [7, 11) is 0. The second-order valence-corrected chi connectivity index (χ2v) is 2.13. The van der Waals surface area contributed by atoms with Gasteiger partial charge in [0.1, 0.15) is 0 Å². The molecule has 0 atom stereocenters. The summed E-state index contributed by atoms with van der Waals surface area (Å²) in [5, 5.41) is 12.2. The molecule has 0 fully saturated rings. The molecule has 0 aromatic carbocycles. The Balaban J connectivity index is 3.35. The number of nitroso groups, excluding NO2 is 1. The van der Waals surface area contributed by atoms with E-state index in [4.69, 9.17) is 5.11 Å². The third-order valence-corrected chi connectivity index (χ3v) is 1.29. The number of hydrogen-bond donors (Lipinski definition) is 1. The second-order valence-electron chi connectivity index (χ2n) is 2.13. The summed E-state index contributed by atoms with van der Waals surface area (Å²) in [5.74, 6) is -0.841. The van der Waals surface area contributed by atoms with Crippen LogP contribution in [0.2, 0.25) is 0 Å². The van der Waals surface area contributed by atoms with Crippen molar-refractivity contribution in [2.24, 2.45) is 5.29 Å². The third-order valence-electron chi connectivity index (χ3n) is 1.29. The fourth-order valence-electron chi connectivity index (χ4n) is 0.669. The monoisotopic (exact) mass is 160 g/mol.